The number of halogens is 3. The fraction of sp³-hybridized carbons (Fsp3) is 0.308. The minimum absolute atomic E-state index is 0.0558. The monoisotopic (exact) mass is 288 g/mol. The van der Waals surface area contributed by atoms with E-state index in [4.69, 9.17) is 14.6 Å². The molecule has 1 heterocycles. The molecule has 1 aromatic rings. The molecule has 4 nitrogen and oxygen atoms in total. The maximum atomic E-state index is 12.8. The second-order valence-corrected chi connectivity index (χ2v) is 4.30. The quantitative estimate of drug-likeness (QED) is 0.909. The zero-order valence-electron chi connectivity index (χ0n) is 10.6. The molecule has 0 aliphatic carbocycles. The predicted octanol–water partition coefficient (Wildman–Crippen LogP) is 2.79. The van der Waals surface area contributed by atoms with Gasteiger partial charge in [-0.15, -0.1) is 0 Å². The normalized spacial score (nSPS) is 17.9. The third-order valence-corrected chi connectivity index (χ3v) is 2.91. The first-order valence-corrected chi connectivity index (χ1v) is 5.61. The van der Waals surface area contributed by atoms with Crippen molar-refractivity contribution < 1.29 is 32.5 Å². The van der Waals surface area contributed by atoms with Gasteiger partial charge in [0.2, 0.25) is 6.10 Å². The lowest BCUT2D eigenvalue weighted by atomic mass is 9.99. The van der Waals surface area contributed by atoms with Crippen LogP contribution in [0.3, 0.4) is 0 Å². The van der Waals surface area contributed by atoms with Crippen LogP contribution in [-0.4, -0.2) is 30.5 Å². The molecule has 108 valence electrons. The van der Waals surface area contributed by atoms with Crippen molar-refractivity contribution in [2.45, 2.75) is 19.2 Å². The number of aryl methyl sites for hydroxylation is 1. The Morgan fingerprint density at radius 3 is 2.55 bits per heavy atom. The van der Waals surface area contributed by atoms with E-state index in [0.717, 1.165) is 6.08 Å². The highest BCUT2D eigenvalue weighted by Gasteiger charge is 2.48. The summed E-state index contributed by atoms with van der Waals surface area (Å²) in [7, 11) is 1.39. The van der Waals surface area contributed by atoms with Gasteiger partial charge in [-0.1, -0.05) is 0 Å². The molecule has 1 N–H and O–H groups in total. The number of hydrogen-bond donors (Lipinski definition) is 1. The molecular weight excluding hydrogens is 277 g/mol. The van der Waals surface area contributed by atoms with Crippen LogP contribution in [-0.2, 0) is 4.79 Å². The van der Waals surface area contributed by atoms with Crippen molar-refractivity contribution in [2.24, 2.45) is 0 Å². The third-order valence-electron chi connectivity index (χ3n) is 2.91. The lowest BCUT2D eigenvalue weighted by Crippen LogP contribution is -2.40. The average molecular weight is 288 g/mol. The van der Waals surface area contributed by atoms with Gasteiger partial charge in [0.05, 0.1) is 12.7 Å². The first kappa shape index (κ1) is 14.2. The Bertz CT molecular complexity index is 590. The molecule has 20 heavy (non-hydrogen) atoms. The van der Waals surface area contributed by atoms with E-state index in [1.807, 2.05) is 0 Å². The van der Waals surface area contributed by atoms with Crippen LogP contribution in [0.5, 0.6) is 11.5 Å². The first-order chi connectivity index (χ1) is 9.24. The standard InChI is InChI=1S/C13H11F3O4/c1-6-3-7-4-8(12(17)18)11(13(14,15)16)20-10(7)5-9(6)19-2/h3-5,11H,1-2H3,(H,17,18). The molecule has 0 saturated heterocycles. The van der Waals surface area contributed by atoms with Crippen LogP contribution in [0.15, 0.2) is 17.7 Å². The zero-order valence-corrected chi connectivity index (χ0v) is 10.6. The highest BCUT2D eigenvalue weighted by Crippen LogP contribution is 2.39. The zero-order chi connectivity index (χ0) is 15.1. The summed E-state index contributed by atoms with van der Waals surface area (Å²) in [5.74, 6) is -1.34. The number of methoxy groups -OCH3 is 1. The number of aliphatic carboxylic acids is 1. The molecule has 7 heteroatoms. The van der Waals surface area contributed by atoms with E-state index in [9.17, 15) is 18.0 Å². The van der Waals surface area contributed by atoms with Crippen LogP contribution in [0.2, 0.25) is 0 Å². The van der Waals surface area contributed by atoms with Gasteiger partial charge in [0, 0.05) is 11.6 Å². The van der Waals surface area contributed by atoms with E-state index >= 15 is 0 Å². The van der Waals surface area contributed by atoms with Gasteiger partial charge in [-0.05, 0) is 24.6 Å². The predicted molar refractivity (Wildman–Crippen MR) is 63.8 cm³/mol. The lowest BCUT2D eigenvalue weighted by molar-refractivity contribution is -0.187. The van der Waals surface area contributed by atoms with Crippen LogP contribution in [0.4, 0.5) is 13.2 Å². The van der Waals surface area contributed by atoms with Gasteiger partial charge in [-0.25, -0.2) is 4.79 Å². The number of carboxylic acids is 1. The van der Waals surface area contributed by atoms with Gasteiger partial charge in [0.1, 0.15) is 11.5 Å². The van der Waals surface area contributed by atoms with E-state index in [1.54, 1.807) is 6.92 Å². The van der Waals surface area contributed by atoms with Crippen LogP contribution in [0, 0.1) is 6.92 Å². The average Bonchev–Trinajstić information content (AvgIpc) is 2.35. The van der Waals surface area contributed by atoms with Gasteiger partial charge in [0.15, 0.2) is 0 Å². The number of rotatable bonds is 2. The number of carboxylic acid groups (broad SMARTS) is 1. The molecular formula is C13H11F3O4. The summed E-state index contributed by atoms with van der Waals surface area (Å²) in [6.45, 7) is 1.70. The second kappa shape index (κ2) is 4.73. The van der Waals surface area contributed by atoms with Crippen molar-refractivity contribution in [3.05, 3.63) is 28.8 Å². The summed E-state index contributed by atoms with van der Waals surface area (Å²) >= 11 is 0. The maximum absolute atomic E-state index is 12.8. The third kappa shape index (κ3) is 2.43. The van der Waals surface area contributed by atoms with Gasteiger partial charge < -0.3 is 14.6 Å². The number of alkyl halides is 3. The molecule has 0 spiro atoms. The maximum Gasteiger partial charge on any atom is 0.430 e. The number of ether oxygens (including phenoxy) is 2. The number of hydrogen-bond acceptors (Lipinski definition) is 3. The van der Waals surface area contributed by atoms with Crippen molar-refractivity contribution in [1.29, 1.82) is 0 Å². The fourth-order valence-electron chi connectivity index (χ4n) is 1.98. The summed E-state index contributed by atoms with van der Waals surface area (Å²) in [5.41, 5.74) is 0.108. The van der Waals surface area contributed by atoms with Gasteiger partial charge in [-0.3, -0.25) is 0 Å². The van der Waals surface area contributed by atoms with Crippen LogP contribution < -0.4 is 9.47 Å². The fourth-order valence-corrected chi connectivity index (χ4v) is 1.98. The Labute approximate surface area is 112 Å². The molecule has 1 atom stereocenters. The molecule has 0 radical (unpaired) electrons. The Morgan fingerprint density at radius 1 is 1.40 bits per heavy atom. The smallest absolute Gasteiger partial charge is 0.430 e. The molecule has 1 aliphatic heterocycles. The van der Waals surface area contributed by atoms with Gasteiger partial charge >= 0.3 is 12.1 Å². The van der Waals surface area contributed by atoms with E-state index in [-0.39, 0.29) is 11.3 Å². The van der Waals surface area contributed by atoms with E-state index < -0.39 is 23.8 Å². The van der Waals surface area contributed by atoms with Crippen molar-refractivity contribution in [2.75, 3.05) is 7.11 Å². The molecule has 0 aromatic heterocycles. The molecule has 2 rings (SSSR count). The van der Waals surface area contributed by atoms with Gasteiger partial charge in [-0.2, -0.15) is 13.2 Å². The summed E-state index contributed by atoms with van der Waals surface area (Å²) in [6, 6.07) is 2.84. The summed E-state index contributed by atoms with van der Waals surface area (Å²) < 4.78 is 48.4. The molecule has 0 saturated carbocycles. The van der Waals surface area contributed by atoms with Crippen LogP contribution in [0.25, 0.3) is 6.08 Å². The minimum Gasteiger partial charge on any atom is -0.496 e. The van der Waals surface area contributed by atoms with E-state index in [2.05, 4.69) is 0 Å². The Morgan fingerprint density at radius 2 is 2.05 bits per heavy atom. The SMILES string of the molecule is COc1cc2c(cc1C)C=C(C(=O)O)C(C(F)(F)F)O2. The van der Waals surface area contributed by atoms with E-state index in [1.165, 1.54) is 19.2 Å². The summed E-state index contributed by atoms with van der Waals surface area (Å²) in [5, 5.41) is 8.89. The molecule has 1 aliphatic rings. The van der Waals surface area contributed by atoms with E-state index in [0.29, 0.717) is 11.3 Å². The largest absolute Gasteiger partial charge is 0.496 e. The number of carbonyl (C=O) groups is 1. The molecule has 0 amide bonds. The van der Waals surface area contributed by atoms with Crippen molar-refractivity contribution in [3.63, 3.8) is 0 Å². The molecule has 0 fully saturated rings. The van der Waals surface area contributed by atoms with Crippen molar-refractivity contribution in [3.8, 4) is 11.5 Å². The highest BCUT2D eigenvalue weighted by atomic mass is 19.4. The Kier molecular flexibility index (Phi) is 3.37. The number of fused-ring (bicyclic) bond motifs is 1. The van der Waals surface area contributed by atoms with Crippen LogP contribution >= 0.6 is 0 Å². The number of benzene rings is 1. The minimum atomic E-state index is -4.81. The molecule has 1 unspecified atom stereocenters. The first-order valence-electron chi connectivity index (χ1n) is 5.61. The molecule has 0 bridgehead atoms. The second-order valence-electron chi connectivity index (χ2n) is 4.30. The molecule has 1 aromatic carbocycles. The Balaban J connectivity index is 2.57. The summed E-state index contributed by atoms with van der Waals surface area (Å²) in [6.07, 6.45) is -6.31. The van der Waals surface area contributed by atoms with Crippen LogP contribution in [0.1, 0.15) is 11.1 Å². The summed E-state index contributed by atoms with van der Waals surface area (Å²) in [4.78, 5) is 11.0. The topological polar surface area (TPSA) is 55.8 Å². The van der Waals surface area contributed by atoms with Gasteiger partial charge in [0.25, 0.3) is 0 Å². The lowest BCUT2D eigenvalue weighted by Gasteiger charge is -2.27. The highest BCUT2D eigenvalue weighted by molar-refractivity contribution is 5.95. The Hall–Kier alpha value is -2.18. The van der Waals surface area contributed by atoms with Crippen molar-refractivity contribution >= 4 is 12.0 Å². The van der Waals surface area contributed by atoms with Crippen molar-refractivity contribution in [1.82, 2.24) is 0 Å².